The van der Waals surface area contributed by atoms with E-state index >= 15 is 0 Å². The molecule has 0 atom stereocenters. The second kappa shape index (κ2) is 12.4. The number of fused-ring (bicyclic) bond motifs is 9. The Morgan fingerprint density at radius 3 is 2.02 bits per heavy atom. The van der Waals surface area contributed by atoms with Gasteiger partial charge in [0.15, 0.2) is 0 Å². The van der Waals surface area contributed by atoms with Crippen LogP contribution in [0.25, 0.3) is 93.6 Å². The van der Waals surface area contributed by atoms with E-state index in [1.165, 1.54) is 71.6 Å². The molecule has 0 unspecified atom stereocenters. The zero-order valence-electron chi connectivity index (χ0n) is 29.6. The summed E-state index contributed by atoms with van der Waals surface area (Å²) in [7, 11) is 0. The van der Waals surface area contributed by atoms with Crippen LogP contribution in [0.5, 0.6) is 0 Å². The van der Waals surface area contributed by atoms with Crippen LogP contribution >= 0.6 is 0 Å². The summed E-state index contributed by atoms with van der Waals surface area (Å²) in [5.74, 6) is 0. The molecular weight excluding hydrogens is 621 g/mol. The number of nitrogens with zero attached hydrogens (tertiary/aromatic N) is 2. The number of benzene rings is 6. The van der Waals surface area contributed by atoms with Gasteiger partial charge in [0.05, 0.1) is 22.1 Å². The number of para-hydroxylation sites is 4. The molecule has 51 heavy (non-hydrogen) atoms. The highest BCUT2D eigenvalue weighted by Crippen LogP contribution is 2.40. The highest BCUT2D eigenvalue weighted by Gasteiger charge is 2.17. The first-order valence-corrected chi connectivity index (χ1v) is 18.0. The Labute approximate surface area is 298 Å². The molecule has 0 bridgehead atoms. The van der Waals surface area contributed by atoms with Gasteiger partial charge in [-0.05, 0) is 92.4 Å². The van der Waals surface area contributed by atoms with Crippen molar-refractivity contribution in [1.29, 1.82) is 0 Å². The topological polar surface area (TPSA) is 23.0 Å². The molecule has 3 heteroatoms. The maximum absolute atomic E-state index is 6.18. The summed E-state index contributed by atoms with van der Waals surface area (Å²) in [6.45, 7) is 8.91. The van der Waals surface area contributed by atoms with E-state index in [1.54, 1.807) is 0 Å². The Morgan fingerprint density at radius 1 is 0.549 bits per heavy atom. The Balaban J connectivity index is 1.17. The Morgan fingerprint density at radius 2 is 1.22 bits per heavy atom. The summed E-state index contributed by atoms with van der Waals surface area (Å²) in [5.41, 5.74) is 14.0. The van der Waals surface area contributed by atoms with E-state index in [4.69, 9.17) is 4.42 Å². The first-order chi connectivity index (χ1) is 25.0. The van der Waals surface area contributed by atoms with Gasteiger partial charge in [0.2, 0.25) is 0 Å². The second-order valence-electron chi connectivity index (χ2n) is 13.7. The van der Waals surface area contributed by atoms with Gasteiger partial charge in [-0.3, -0.25) is 0 Å². The van der Waals surface area contributed by atoms with E-state index in [9.17, 15) is 0 Å². The molecule has 0 aliphatic heterocycles. The molecule has 9 aromatic rings. The summed E-state index contributed by atoms with van der Waals surface area (Å²) in [5, 5.41) is 7.36. The average molecular weight is 661 g/mol. The smallest absolute Gasteiger partial charge is 0.135 e. The van der Waals surface area contributed by atoms with E-state index < -0.39 is 0 Å². The quantitative estimate of drug-likeness (QED) is 0.156. The predicted molar refractivity (Wildman–Crippen MR) is 220 cm³/mol. The highest BCUT2D eigenvalue weighted by atomic mass is 16.3. The molecule has 0 aliphatic carbocycles. The van der Waals surface area contributed by atoms with Gasteiger partial charge in [-0.2, -0.15) is 0 Å². The maximum Gasteiger partial charge on any atom is 0.135 e. The minimum Gasteiger partial charge on any atom is -0.456 e. The Bertz CT molecular complexity index is 2900. The fourth-order valence-electron chi connectivity index (χ4n) is 7.97. The minimum atomic E-state index is 0.912. The van der Waals surface area contributed by atoms with Crippen LogP contribution in [0, 0.1) is 0 Å². The number of aromatic nitrogens is 2. The highest BCUT2D eigenvalue weighted by molar-refractivity contribution is 6.15. The number of rotatable bonds is 7. The molecular formula is C48H40N2O. The molecule has 0 radical (unpaired) electrons. The van der Waals surface area contributed by atoms with Crippen LogP contribution in [-0.4, -0.2) is 9.13 Å². The van der Waals surface area contributed by atoms with Crippen molar-refractivity contribution in [2.45, 2.75) is 40.5 Å². The van der Waals surface area contributed by atoms with Gasteiger partial charge in [0.25, 0.3) is 0 Å². The molecule has 0 saturated carbocycles. The molecule has 0 amide bonds. The standard InChI is InChI=1S/C48H40N2O/c1-5-6-14-32(3)49-43-20-10-8-16-38(43)41-29-34(25-27-45(41)49)31(2)23-24-33(4)50-44-21-11-7-15-37(44)40-19-13-18-36(48(40)50)35-26-28-47-42(30-35)39-17-9-12-22-46(39)51-47/h7-30H,5-6H2,1-4H3/b31-23+,32-14+,33-24+. The van der Waals surface area contributed by atoms with E-state index in [-0.39, 0.29) is 0 Å². The van der Waals surface area contributed by atoms with Gasteiger partial charge < -0.3 is 13.6 Å². The van der Waals surface area contributed by atoms with E-state index in [2.05, 4.69) is 170 Å². The fraction of sp³-hybridized carbons (Fsp3) is 0.125. The lowest BCUT2D eigenvalue weighted by molar-refractivity contribution is 0.669. The fourth-order valence-corrected chi connectivity index (χ4v) is 7.97. The zero-order valence-corrected chi connectivity index (χ0v) is 29.6. The molecule has 6 aromatic carbocycles. The first-order valence-electron chi connectivity index (χ1n) is 18.0. The summed E-state index contributed by atoms with van der Waals surface area (Å²) >= 11 is 0. The second-order valence-corrected chi connectivity index (χ2v) is 13.7. The van der Waals surface area contributed by atoms with Crippen LogP contribution in [0.3, 0.4) is 0 Å². The third-order valence-electron chi connectivity index (χ3n) is 10.5. The number of allylic oxidation sites excluding steroid dienone is 6. The SMILES string of the molecule is CCC/C=C(\C)n1c2ccccc2c2cc(/C(C)=C/C=C(\C)n3c4ccccc4c4cccc(-c5ccc6oc7ccccc7c6c5)c43)ccc21. The largest absolute Gasteiger partial charge is 0.456 e. The van der Waals surface area contributed by atoms with Crippen LogP contribution in [0.2, 0.25) is 0 Å². The van der Waals surface area contributed by atoms with Crippen molar-refractivity contribution in [3.05, 3.63) is 151 Å². The number of unbranched alkanes of at least 4 members (excludes halogenated alkanes) is 1. The van der Waals surface area contributed by atoms with Gasteiger partial charge >= 0.3 is 0 Å². The van der Waals surface area contributed by atoms with Gasteiger partial charge in [-0.15, -0.1) is 0 Å². The summed E-state index contributed by atoms with van der Waals surface area (Å²) in [6, 6.07) is 46.0. The van der Waals surface area contributed by atoms with Gasteiger partial charge in [-0.25, -0.2) is 0 Å². The van der Waals surface area contributed by atoms with Crippen LogP contribution in [0.15, 0.2) is 150 Å². The molecule has 3 nitrogen and oxygen atoms in total. The van der Waals surface area contributed by atoms with Gasteiger partial charge in [0.1, 0.15) is 11.2 Å². The number of furan rings is 1. The normalized spacial score (nSPS) is 13.2. The van der Waals surface area contributed by atoms with Crippen molar-refractivity contribution in [3.8, 4) is 11.1 Å². The Hall–Kier alpha value is -6.06. The molecule has 0 aliphatic rings. The van der Waals surface area contributed by atoms with Crippen molar-refractivity contribution in [2.75, 3.05) is 0 Å². The van der Waals surface area contributed by atoms with Gasteiger partial charge in [-0.1, -0.05) is 110 Å². The van der Waals surface area contributed by atoms with Crippen LogP contribution in [0.1, 0.15) is 46.1 Å². The third-order valence-corrected chi connectivity index (χ3v) is 10.5. The molecule has 248 valence electrons. The van der Waals surface area contributed by atoms with E-state index in [0.717, 1.165) is 40.5 Å². The molecule has 0 fully saturated rings. The van der Waals surface area contributed by atoms with Crippen molar-refractivity contribution >= 4 is 82.5 Å². The van der Waals surface area contributed by atoms with E-state index in [0.29, 0.717) is 0 Å². The minimum absolute atomic E-state index is 0.912. The number of hydrogen-bond donors (Lipinski definition) is 0. The average Bonchev–Trinajstić information content (AvgIpc) is 3.83. The lowest BCUT2D eigenvalue weighted by Gasteiger charge is -2.12. The first kappa shape index (κ1) is 31.0. The van der Waals surface area contributed by atoms with E-state index in [1.807, 2.05) is 12.1 Å². The van der Waals surface area contributed by atoms with Crippen molar-refractivity contribution < 1.29 is 4.42 Å². The molecule has 0 N–H and O–H groups in total. The number of hydrogen-bond acceptors (Lipinski definition) is 1. The molecule has 0 spiro atoms. The van der Waals surface area contributed by atoms with Crippen molar-refractivity contribution in [1.82, 2.24) is 9.13 Å². The summed E-state index contributed by atoms with van der Waals surface area (Å²) in [6.07, 6.45) is 9.13. The third kappa shape index (κ3) is 5.03. The van der Waals surface area contributed by atoms with Crippen molar-refractivity contribution in [2.24, 2.45) is 0 Å². The van der Waals surface area contributed by atoms with Crippen molar-refractivity contribution in [3.63, 3.8) is 0 Å². The monoisotopic (exact) mass is 660 g/mol. The summed E-state index contributed by atoms with van der Waals surface area (Å²) in [4.78, 5) is 0. The van der Waals surface area contributed by atoms with Crippen LogP contribution < -0.4 is 0 Å². The van der Waals surface area contributed by atoms with Crippen LogP contribution in [0.4, 0.5) is 0 Å². The molecule has 3 heterocycles. The molecule has 0 saturated heterocycles. The zero-order chi connectivity index (χ0) is 34.6. The molecule has 3 aromatic heterocycles. The van der Waals surface area contributed by atoms with Gasteiger partial charge in [0, 0.05) is 49.3 Å². The maximum atomic E-state index is 6.18. The van der Waals surface area contributed by atoms with Crippen LogP contribution in [-0.2, 0) is 0 Å². The lowest BCUT2D eigenvalue weighted by atomic mass is 10.00. The lowest BCUT2D eigenvalue weighted by Crippen LogP contribution is -1.95. The molecule has 9 rings (SSSR count). The summed E-state index contributed by atoms with van der Waals surface area (Å²) < 4.78 is 11.0. The Kier molecular flexibility index (Phi) is 7.51. The predicted octanol–water partition coefficient (Wildman–Crippen LogP) is 14.1.